The SMILES string of the molecule is COc1cc(Nc2ncc3c(n2)-c2ccc(Cl)cc2C(c2c(F)cccc2OC)=NC3)ccc1C(=O)NCCCCCC(=O)Nc1ccc(C#CCOC(N)=O)cc1. The summed E-state index contributed by atoms with van der Waals surface area (Å²) in [4.78, 5) is 50.2. The summed E-state index contributed by atoms with van der Waals surface area (Å²) >= 11 is 6.44. The maximum absolute atomic E-state index is 15.3. The Morgan fingerprint density at radius 2 is 1.71 bits per heavy atom. The summed E-state index contributed by atoms with van der Waals surface area (Å²) in [6.07, 6.45) is 3.17. The fourth-order valence-corrected chi connectivity index (χ4v) is 6.35. The van der Waals surface area contributed by atoms with Crippen LogP contribution in [0.5, 0.6) is 11.5 Å². The summed E-state index contributed by atoms with van der Waals surface area (Å²) in [5.41, 5.74) is 10.4. The van der Waals surface area contributed by atoms with Gasteiger partial charge in [-0.05, 0) is 73.5 Å². The van der Waals surface area contributed by atoms with E-state index >= 15 is 4.39 Å². The van der Waals surface area contributed by atoms with Gasteiger partial charge in [0.15, 0.2) is 6.61 Å². The largest absolute Gasteiger partial charge is 0.496 e. The van der Waals surface area contributed by atoms with Gasteiger partial charge in [0.25, 0.3) is 5.91 Å². The first kappa shape index (κ1) is 40.7. The van der Waals surface area contributed by atoms with Crippen molar-refractivity contribution >= 4 is 52.5 Å². The highest BCUT2D eigenvalue weighted by molar-refractivity contribution is 6.31. The third-order valence-electron chi connectivity index (χ3n) is 8.95. The number of halogens is 2. The molecule has 5 aromatic rings. The molecule has 0 radical (unpaired) electrons. The van der Waals surface area contributed by atoms with Crippen molar-refractivity contribution in [2.24, 2.45) is 10.7 Å². The molecule has 0 saturated heterocycles. The number of carbonyl (C=O) groups is 3. The lowest BCUT2D eigenvalue weighted by Gasteiger charge is -2.15. The van der Waals surface area contributed by atoms with E-state index in [9.17, 15) is 14.4 Å². The third kappa shape index (κ3) is 10.2. The molecule has 0 bridgehead atoms. The first-order valence-electron chi connectivity index (χ1n) is 18.2. The average molecular weight is 804 g/mol. The maximum atomic E-state index is 15.3. The van der Waals surface area contributed by atoms with Gasteiger partial charge in [0.05, 0.1) is 43.3 Å². The fourth-order valence-electron chi connectivity index (χ4n) is 6.18. The quantitative estimate of drug-likeness (QED) is 0.0657. The van der Waals surface area contributed by atoms with E-state index in [-0.39, 0.29) is 36.5 Å². The summed E-state index contributed by atoms with van der Waals surface area (Å²) in [5.74, 6) is 5.59. The zero-order valence-corrected chi connectivity index (χ0v) is 32.4. The van der Waals surface area contributed by atoms with Gasteiger partial charge in [-0.3, -0.25) is 14.6 Å². The van der Waals surface area contributed by atoms with E-state index in [2.05, 4.69) is 37.5 Å². The van der Waals surface area contributed by atoms with E-state index < -0.39 is 11.9 Å². The van der Waals surface area contributed by atoms with Gasteiger partial charge in [0.2, 0.25) is 11.9 Å². The molecule has 6 rings (SSSR count). The van der Waals surface area contributed by atoms with E-state index in [0.29, 0.717) is 87.4 Å². The van der Waals surface area contributed by atoms with Crippen LogP contribution in [0.1, 0.15) is 58.3 Å². The molecule has 58 heavy (non-hydrogen) atoms. The molecular formula is C43H39ClFN7O6. The Kier molecular flexibility index (Phi) is 13.5. The van der Waals surface area contributed by atoms with E-state index in [1.165, 1.54) is 20.3 Å². The molecule has 5 N–H and O–H groups in total. The molecule has 0 spiro atoms. The molecule has 0 aliphatic carbocycles. The highest BCUT2D eigenvalue weighted by Crippen LogP contribution is 2.36. The van der Waals surface area contributed by atoms with Crippen LogP contribution in [0.25, 0.3) is 11.3 Å². The molecule has 0 unspecified atom stereocenters. The van der Waals surface area contributed by atoms with Crippen LogP contribution in [0.3, 0.4) is 0 Å². The normalized spacial score (nSPS) is 11.3. The minimum atomic E-state index is -0.886. The highest BCUT2D eigenvalue weighted by Gasteiger charge is 2.26. The lowest BCUT2D eigenvalue weighted by atomic mass is 9.94. The first-order valence-corrected chi connectivity index (χ1v) is 18.6. The van der Waals surface area contributed by atoms with Crippen LogP contribution in [0.4, 0.5) is 26.5 Å². The topological polar surface area (TPSA) is 179 Å². The number of fused-ring (bicyclic) bond motifs is 3. The molecule has 15 heteroatoms. The molecule has 296 valence electrons. The Bertz CT molecular complexity index is 2430. The summed E-state index contributed by atoms with van der Waals surface area (Å²) in [5, 5.41) is 9.43. The molecule has 1 aliphatic rings. The minimum absolute atomic E-state index is 0.101. The summed E-state index contributed by atoms with van der Waals surface area (Å²) < 4.78 is 30.9. The van der Waals surface area contributed by atoms with Gasteiger partial charge >= 0.3 is 6.09 Å². The van der Waals surface area contributed by atoms with Crippen LogP contribution in [0.2, 0.25) is 5.02 Å². The van der Waals surface area contributed by atoms with Crippen LogP contribution in [0.15, 0.2) is 90.1 Å². The molecule has 0 saturated carbocycles. The van der Waals surface area contributed by atoms with Gasteiger partial charge in [-0.2, -0.15) is 0 Å². The predicted octanol–water partition coefficient (Wildman–Crippen LogP) is 7.42. The van der Waals surface area contributed by atoms with Crippen molar-refractivity contribution in [3.05, 3.63) is 124 Å². The number of unbranched alkanes of at least 4 members (excludes halogenated alkanes) is 2. The second-order valence-electron chi connectivity index (χ2n) is 12.9. The molecule has 3 amide bonds. The number of primary amides is 1. The fraction of sp³-hybridized carbons (Fsp3) is 0.209. The standard InChI is InChI=1S/C43H39ClFN7O6/c1-56-35-10-6-9-34(45)38(35)40-33-22-28(44)14-18-31(33)39-27(24-48-40)25-49-43(52-39)51-30-17-19-32(36(23-30)57-2)41(54)47-20-5-3-4-11-37(53)50-29-15-12-26(13-16-29)8-7-21-58-42(46)55/h6,9-10,12-19,22-23,25H,3-5,11,20-21,24H2,1-2H3,(H2,46,55)(H,47,54)(H,50,53)(H,49,51,52). The number of benzene rings is 4. The summed E-state index contributed by atoms with van der Waals surface area (Å²) in [7, 11) is 2.96. The zero-order valence-electron chi connectivity index (χ0n) is 31.7. The third-order valence-corrected chi connectivity index (χ3v) is 9.19. The first-order chi connectivity index (χ1) is 28.1. The number of anilines is 3. The number of methoxy groups -OCH3 is 2. The van der Waals surface area contributed by atoms with Gasteiger partial charge in [-0.15, -0.1) is 0 Å². The zero-order chi connectivity index (χ0) is 41.0. The van der Waals surface area contributed by atoms with Crippen LogP contribution < -0.4 is 31.2 Å². The molecule has 13 nitrogen and oxygen atoms in total. The number of aromatic nitrogens is 2. The molecule has 2 heterocycles. The van der Waals surface area contributed by atoms with Crippen molar-refractivity contribution in [2.45, 2.75) is 32.2 Å². The van der Waals surface area contributed by atoms with Crippen LogP contribution in [0, 0.1) is 17.7 Å². The van der Waals surface area contributed by atoms with Gasteiger partial charge in [-0.1, -0.05) is 42.0 Å². The Morgan fingerprint density at radius 1 is 0.914 bits per heavy atom. The van der Waals surface area contributed by atoms with Crippen molar-refractivity contribution in [3.63, 3.8) is 0 Å². The Hall–Kier alpha value is -6.98. The van der Waals surface area contributed by atoms with Gasteiger partial charge in [0.1, 0.15) is 17.3 Å². The Morgan fingerprint density at radius 3 is 2.48 bits per heavy atom. The molecule has 4 aromatic carbocycles. The monoisotopic (exact) mass is 803 g/mol. The van der Waals surface area contributed by atoms with Crippen molar-refractivity contribution in [1.82, 2.24) is 15.3 Å². The molecule has 1 aliphatic heterocycles. The Labute approximate surface area is 339 Å². The number of nitrogens with two attached hydrogens (primary N) is 1. The molecule has 0 fully saturated rings. The number of hydrogen-bond acceptors (Lipinski definition) is 10. The van der Waals surface area contributed by atoms with E-state index in [4.69, 9.17) is 36.8 Å². The Balaban J connectivity index is 1.02. The number of rotatable bonds is 14. The van der Waals surface area contributed by atoms with Crippen molar-refractivity contribution in [3.8, 4) is 34.6 Å². The van der Waals surface area contributed by atoms with Crippen LogP contribution in [-0.4, -0.2) is 61.0 Å². The minimum Gasteiger partial charge on any atom is -0.496 e. The lowest BCUT2D eigenvalue weighted by molar-refractivity contribution is -0.116. The van der Waals surface area contributed by atoms with Crippen molar-refractivity contribution in [1.29, 1.82) is 0 Å². The van der Waals surface area contributed by atoms with Gasteiger partial charge in [-0.25, -0.2) is 19.2 Å². The number of carbonyl (C=O) groups excluding carboxylic acids is 3. The van der Waals surface area contributed by atoms with E-state index in [0.717, 1.165) is 12.0 Å². The number of aliphatic imine (C=N–C) groups is 1. The number of nitrogens with zero attached hydrogens (tertiary/aromatic N) is 3. The highest BCUT2D eigenvalue weighted by atomic mass is 35.5. The molecule has 0 atom stereocenters. The smallest absolute Gasteiger partial charge is 0.405 e. The number of nitrogens with one attached hydrogen (secondary N) is 3. The second-order valence-corrected chi connectivity index (χ2v) is 13.3. The van der Waals surface area contributed by atoms with E-state index in [1.54, 1.807) is 72.9 Å². The number of hydrogen-bond donors (Lipinski definition) is 4. The molecule has 1 aromatic heterocycles. The number of amides is 3. The number of ether oxygens (including phenoxy) is 3. The summed E-state index contributed by atoms with van der Waals surface area (Å²) in [6.45, 7) is 0.506. The maximum Gasteiger partial charge on any atom is 0.405 e. The van der Waals surface area contributed by atoms with Gasteiger partial charge < -0.3 is 35.9 Å². The molecular weight excluding hydrogens is 765 g/mol. The summed E-state index contributed by atoms with van der Waals surface area (Å²) in [6, 6.07) is 22.0. The average Bonchev–Trinajstić information content (AvgIpc) is 3.37. The lowest BCUT2D eigenvalue weighted by Crippen LogP contribution is -2.25. The van der Waals surface area contributed by atoms with Crippen LogP contribution in [-0.2, 0) is 16.1 Å². The van der Waals surface area contributed by atoms with Gasteiger partial charge in [0, 0.05) is 63.9 Å². The van der Waals surface area contributed by atoms with Crippen LogP contribution >= 0.6 is 11.6 Å². The van der Waals surface area contributed by atoms with Crippen molar-refractivity contribution in [2.75, 3.05) is 38.0 Å². The predicted molar refractivity (Wildman–Crippen MR) is 219 cm³/mol. The second kappa shape index (κ2) is 19.2. The van der Waals surface area contributed by atoms with E-state index in [1.807, 2.05) is 6.07 Å². The van der Waals surface area contributed by atoms with Crippen molar-refractivity contribution < 1.29 is 33.0 Å².